The number of aromatic nitrogens is 1. The summed E-state index contributed by atoms with van der Waals surface area (Å²) < 4.78 is 4.89. The molecule has 0 aliphatic carbocycles. The van der Waals surface area contributed by atoms with E-state index < -0.39 is 5.91 Å². The Balaban J connectivity index is 2.39. The van der Waals surface area contributed by atoms with Gasteiger partial charge in [0.25, 0.3) is 5.91 Å². The van der Waals surface area contributed by atoms with Crippen LogP contribution in [0.25, 0.3) is 10.6 Å². The van der Waals surface area contributed by atoms with E-state index >= 15 is 0 Å². The quantitative estimate of drug-likeness (QED) is 0.787. The molecule has 4 nitrogen and oxygen atoms in total. The van der Waals surface area contributed by atoms with Crippen LogP contribution in [0, 0.1) is 0 Å². The molecule has 0 spiro atoms. The van der Waals surface area contributed by atoms with Crippen molar-refractivity contribution >= 4 is 17.2 Å². The normalized spacial score (nSPS) is 10.2. The van der Waals surface area contributed by atoms with Crippen molar-refractivity contribution < 1.29 is 9.21 Å². The molecule has 0 aliphatic rings. The molecule has 13 heavy (non-hydrogen) atoms. The fourth-order valence-corrected chi connectivity index (χ4v) is 1.70. The number of hydrogen-bond acceptors (Lipinski definition) is 4. The summed E-state index contributed by atoms with van der Waals surface area (Å²) in [5.41, 5.74) is 6.21. The molecule has 2 aromatic heterocycles. The van der Waals surface area contributed by atoms with Gasteiger partial charge >= 0.3 is 0 Å². The Morgan fingerprint density at radius 1 is 1.62 bits per heavy atom. The molecule has 0 saturated heterocycles. The molecule has 2 heterocycles. The van der Waals surface area contributed by atoms with Crippen molar-refractivity contribution in [2.75, 3.05) is 0 Å². The lowest BCUT2D eigenvalue weighted by molar-refractivity contribution is 0.0996. The van der Waals surface area contributed by atoms with Crippen LogP contribution in [-0.4, -0.2) is 10.9 Å². The second-order valence-electron chi connectivity index (χ2n) is 2.41. The molecule has 0 saturated carbocycles. The van der Waals surface area contributed by atoms with Gasteiger partial charge in [0.1, 0.15) is 17.0 Å². The highest BCUT2D eigenvalue weighted by molar-refractivity contribution is 7.13. The summed E-state index contributed by atoms with van der Waals surface area (Å²) in [5, 5.41) is 2.37. The van der Waals surface area contributed by atoms with Crippen LogP contribution in [0.2, 0.25) is 0 Å². The highest BCUT2D eigenvalue weighted by Gasteiger charge is 2.08. The lowest BCUT2D eigenvalue weighted by atomic mass is 10.3. The van der Waals surface area contributed by atoms with E-state index in [1.54, 1.807) is 24.0 Å². The molecule has 0 fully saturated rings. The largest absolute Gasteiger partial charge is 0.472 e. The number of nitrogens with two attached hydrogens (primary N) is 1. The molecule has 1 amide bonds. The lowest BCUT2D eigenvalue weighted by Gasteiger charge is -1.85. The second kappa shape index (κ2) is 3.02. The van der Waals surface area contributed by atoms with Gasteiger partial charge in [-0.25, -0.2) is 4.98 Å². The van der Waals surface area contributed by atoms with E-state index in [1.807, 2.05) is 0 Å². The maximum Gasteiger partial charge on any atom is 0.268 e. The first kappa shape index (κ1) is 8.00. The summed E-state index contributed by atoms with van der Waals surface area (Å²) >= 11 is 1.36. The fourth-order valence-electron chi connectivity index (χ4n) is 0.906. The highest BCUT2D eigenvalue weighted by Crippen LogP contribution is 2.23. The van der Waals surface area contributed by atoms with E-state index in [0.29, 0.717) is 5.69 Å². The minimum absolute atomic E-state index is 0.293. The molecular formula is C8H6N2O2S. The average Bonchev–Trinajstić information content (AvgIpc) is 2.75. The van der Waals surface area contributed by atoms with Crippen LogP contribution in [0.15, 0.2) is 28.4 Å². The van der Waals surface area contributed by atoms with Crippen LogP contribution in [0.5, 0.6) is 0 Å². The number of primary amides is 1. The van der Waals surface area contributed by atoms with Gasteiger partial charge in [-0.15, -0.1) is 11.3 Å². The zero-order valence-electron chi connectivity index (χ0n) is 6.56. The van der Waals surface area contributed by atoms with Crippen molar-refractivity contribution in [3.05, 3.63) is 29.7 Å². The van der Waals surface area contributed by atoms with Crippen LogP contribution in [0.1, 0.15) is 10.5 Å². The molecule has 2 aromatic rings. The first-order valence-corrected chi connectivity index (χ1v) is 4.43. The molecular weight excluding hydrogens is 188 g/mol. The summed E-state index contributed by atoms with van der Waals surface area (Å²) in [4.78, 5) is 14.8. The number of amides is 1. The van der Waals surface area contributed by atoms with Crippen molar-refractivity contribution in [1.29, 1.82) is 0 Å². The van der Waals surface area contributed by atoms with Crippen LogP contribution < -0.4 is 5.73 Å². The molecule has 0 atom stereocenters. The Labute approximate surface area is 78.0 Å². The van der Waals surface area contributed by atoms with Crippen molar-refractivity contribution in [3.8, 4) is 10.6 Å². The number of rotatable bonds is 2. The van der Waals surface area contributed by atoms with Gasteiger partial charge in [-0.2, -0.15) is 0 Å². The monoisotopic (exact) mass is 194 g/mol. The van der Waals surface area contributed by atoms with E-state index in [9.17, 15) is 4.79 Å². The molecule has 2 N–H and O–H groups in total. The van der Waals surface area contributed by atoms with Crippen LogP contribution in [0.4, 0.5) is 0 Å². The Kier molecular flexibility index (Phi) is 1.86. The molecule has 0 unspecified atom stereocenters. The van der Waals surface area contributed by atoms with E-state index in [4.69, 9.17) is 10.2 Å². The molecule has 0 bridgehead atoms. The predicted octanol–water partition coefficient (Wildman–Crippen LogP) is 1.50. The molecule has 66 valence electrons. The minimum Gasteiger partial charge on any atom is -0.472 e. The maximum absolute atomic E-state index is 10.7. The summed E-state index contributed by atoms with van der Waals surface area (Å²) in [7, 11) is 0. The summed E-state index contributed by atoms with van der Waals surface area (Å²) in [6.07, 6.45) is 3.13. The van der Waals surface area contributed by atoms with Gasteiger partial charge in [-0.1, -0.05) is 0 Å². The lowest BCUT2D eigenvalue weighted by Crippen LogP contribution is -2.10. The van der Waals surface area contributed by atoms with Gasteiger partial charge < -0.3 is 10.2 Å². The minimum atomic E-state index is -0.508. The van der Waals surface area contributed by atoms with Gasteiger partial charge in [0.05, 0.1) is 6.26 Å². The smallest absolute Gasteiger partial charge is 0.268 e. The third-order valence-corrected chi connectivity index (χ3v) is 2.42. The van der Waals surface area contributed by atoms with E-state index in [0.717, 1.165) is 10.6 Å². The summed E-state index contributed by atoms with van der Waals surface area (Å²) in [6, 6.07) is 1.78. The first-order valence-electron chi connectivity index (χ1n) is 3.55. The molecule has 5 heteroatoms. The van der Waals surface area contributed by atoms with Crippen molar-refractivity contribution in [2.45, 2.75) is 0 Å². The maximum atomic E-state index is 10.7. The van der Waals surface area contributed by atoms with Crippen LogP contribution in [0.3, 0.4) is 0 Å². The summed E-state index contributed by atoms with van der Waals surface area (Å²) in [6.45, 7) is 0. The Morgan fingerprint density at radius 2 is 2.46 bits per heavy atom. The second-order valence-corrected chi connectivity index (χ2v) is 3.27. The number of carbonyl (C=O) groups is 1. The number of thiazole rings is 1. The SMILES string of the molecule is NC(=O)c1csc(-c2ccoc2)n1. The topological polar surface area (TPSA) is 69.1 Å². The third-order valence-electron chi connectivity index (χ3n) is 1.52. The number of hydrogen-bond donors (Lipinski definition) is 1. The zero-order valence-corrected chi connectivity index (χ0v) is 7.38. The van der Waals surface area contributed by atoms with E-state index in [1.165, 1.54) is 11.3 Å². The number of carbonyl (C=O) groups excluding carboxylic acids is 1. The average molecular weight is 194 g/mol. The highest BCUT2D eigenvalue weighted by atomic mass is 32.1. The predicted molar refractivity (Wildman–Crippen MR) is 48.3 cm³/mol. The van der Waals surface area contributed by atoms with Gasteiger partial charge in [0.15, 0.2) is 0 Å². The number of nitrogens with zero attached hydrogens (tertiary/aromatic N) is 1. The standard InChI is InChI=1S/C8H6N2O2S/c9-7(11)6-4-13-8(10-6)5-1-2-12-3-5/h1-4H,(H2,9,11). The molecule has 0 aliphatic heterocycles. The first-order chi connectivity index (χ1) is 6.27. The zero-order chi connectivity index (χ0) is 9.26. The van der Waals surface area contributed by atoms with Gasteiger partial charge in [-0.05, 0) is 6.07 Å². The van der Waals surface area contributed by atoms with E-state index in [2.05, 4.69) is 4.98 Å². The summed E-state index contributed by atoms with van der Waals surface area (Å²) in [5.74, 6) is -0.508. The van der Waals surface area contributed by atoms with Crippen LogP contribution >= 0.6 is 11.3 Å². The number of furan rings is 1. The molecule has 2 rings (SSSR count). The van der Waals surface area contributed by atoms with Crippen molar-refractivity contribution in [1.82, 2.24) is 4.98 Å². The van der Waals surface area contributed by atoms with Gasteiger partial charge in [0.2, 0.25) is 0 Å². The van der Waals surface area contributed by atoms with Gasteiger partial charge in [0, 0.05) is 10.9 Å². The van der Waals surface area contributed by atoms with Crippen molar-refractivity contribution in [3.63, 3.8) is 0 Å². The van der Waals surface area contributed by atoms with Crippen LogP contribution in [-0.2, 0) is 0 Å². The third kappa shape index (κ3) is 1.46. The van der Waals surface area contributed by atoms with Crippen molar-refractivity contribution in [2.24, 2.45) is 5.73 Å². The molecule has 0 aromatic carbocycles. The Bertz CT molecular complexity index is 419. The Morgan fingerprint density at radius 3 is 3.00 bits per heavy atom. The molecule has 0 radical (unpaired) electrons. The van der Waals surface area contributed by atoms with E-state index in [-0.39, 0.29) is 0 Å². The Hall–Kier alpha value is -1.62. The van der Waals surface area contributed by atoms with Gasteiger partial charge in [-0.3, -0.25) is 4.79 Å². The fraction of sp³-hybridized carbons (Fsp3) is 0.